The molecule has 13 nitrogen and oxygen atoms in total. The second kappa shape index (κ2) is 40.1. The van der Waals surface area contributed by atoms with Gasteiger partial charge in [-0.05, 0) is 70.6 Å². The lowest BCUT2D eigenvalue weighted by molar-refractivity contribution is -0.298. The normalized spacial score (nSPS) is 21.2. The van der Waals surface area contributed by atoms with Crippen molar-refractivity contribution in [3.05, 3.63) is 48.6 Å². The largest absolute Gasteiger partial charge is 0.397 e. The SMILES string of the molecule is CCCCCC/C=C/CC/C=C/CC/C=C/C(O)C(COC1OC(CO)C(O)C(OS(=O)(=O)O)C1O)NC(=O)C(O)CCCCCCCC/C=C\CCCCCCCCCCCCC. The van der Waals surface area contributed by atoms with E-state index in [0.29, 0.717) is 12.8 Å². The van der Waals surface area contributed by atoms with Crippen LogP contribution in [0.1, 0.15) is 200 Å². The highest BCUT2D eigenvalue weighted by atomic mass is 32.3. The summed E-state index contributed by atoms with van der Waals surface area (Å²) in [6.07, 6.45) is 37.7. The summed E-state index contributed by atoms with van der Waals surface area (Å²) in [6.45, 7) is 3.17. The molecule has 0 aromatic heterocycles. The third-order valence-corrected chi connectivity index (χ3v) is 12.1. The Morgan fingerprint density at radius 3 is 1.52 bits per heavy atom. The first-order valence-corrected chi connectivity index (χ1v) is 26.5. The fourth-order valence-electron chi connectivity index (χ4n) is 7.66. The topological polar surface area (TPSA) is 212 Å². The van der Waals surface area contributed by atoms with Gasteiger partial charge in [0.15, 0.2) is 6.29 Å². The van der Waals surface area contributed by atoms with Crippen molar-refractivity contribution in [2.24, 2.45) is 0 Å². The first-order valence-electron chi connectivity index (χ1n) is 25.1. The van der Waals surface area contributed by atoms with Crippen LogP contribution in [0.2, 0.25) is 0 Å². The number of aliphatic hydroxyl groups excluding tert-OH is 5. The first-order chi connectivity index (χ1) is 30.9. The van der Waals surface area contributed by atoms with Gasteiger partial charge in [0, 0.05) is 0 Å². The van der Waals surface area contributed by atoms with Gasteiger partial charge in [0.1, 0.15) is 30.5 Å². The lowest BCUT2D eigenvalue weighted by Gasteiger charge is -2.41. The van der Waals surface area contributed by atoms with Crippen LogP contribution in [-0.2, 0) is 28.9 Å². The van der Waals surface area contributed by atoms with Gasteiger partial charge >= 0.3 is 10.4 Å². The van der Waals surface area contributed by atoms with Crippen LogP contribution in [0.4, 0.5) is 0 Å². The quantitative estimate of drug-likeness (QED) is 0.0173. The predicted molar refractivity (Wildman–Crippen MR) is 256 cm³/mol. The van der Waals surface area contributed by atoms with Crippen molar-refractivity contribution in [1.29, 1.82) is 0 Å². The van der Waals surface area contributed by atoms with Gasteiger partial charge in [-0.2, -0.15) is 8.42 Å². The third kappa shape index (κ3) is 31.9. The van der Waals surface area contributed by atoms with Gasteiger partial charge in [-0.15, -0.1) is 0 Å². The van der Waals surface area contributed by atoms with Crippen LogP contribution in [-0.4, -0.2) is 107 Å². The molecule has 1 saturated heterocycles. The molecular weight excluding hydrogens is 839 g/mol. The van der Waals surface area contributed by atoms with Crippen LogP contribution in [0.3, 0.4) is 0 Å². The Labute approximate surface area is 388 Å². The number of carbonyl (C=O) groups excluding carboxylic acids is 1. The molecule has 8 unspecified atom stereocenters. The molecule has 1 rings (SSSR count). The average Bonchev–Trinajstić information content (AvgIpc) is 3.27. The van der Waals surface area contributed by atoms with Gasteiger partial charge in [-0.3, -0.25) is 9.35 Å². The minimum atomic E-state index is -5.13. The van der Waals surface area contributed by atoms with Crippen LogP contribution in [0.5, 0.6) is 0 Å². The molecule has 374 valence electrons. The minimum absolute atomic E-state index is 0.226. The lowest BCUT2D eigenvalue weighted by Crippen LogP contribution is -2.61. The van der Waals surface area contributed by atoms with E-state index in [4.69, 9.17) is 9.47 Å². The molecule has 1 amide bonds. The summed E-state index contributed by atoms with van der Waals surface area (Å²) in [5.74, 6) is -0.722. The van der Waals surface area contributed by atoms with E-state index >= 15 is 0 Å². The summed E-state index contributed by atoms with van der Waals surface area (Å²) >= 11 is 0. The van der Waals surface area contributed by atoms with Gasteiger partial charge in [-0.25, -0.2) is 4.18 Å². The fourth-order valence-corrected chi connectivity index (χ4v) is 8.17. The van der Waals surface area contributed by atoms with Crippen LogP contribution < -0.4 is 5.32 Å². The van der Waals surface area contributed by atoms with E-state index in [1.165, 1.54) is 102 Å². The molecule has 8 atom stereocenters. The van der Waals surface area contributed by atoms with Crippen LogP contribution in [0.25, 0.3) is 0 Å². The van der Waals surface area contributed by atoms with Gasteiger partial charge in [0.2, 0.25) is 5.91 Å². The van der Waals surface area contributed by atoms with Crippen LogP contribution >= 0.6 is 0 Å². The maximum atomic E-state index is 13.1. The molecule has 64 heavy (non-hydrogen) atoms. The summed E-state index contributed by atoms with van der Waals surface area (Å²) < 4.78 is 47.5. The molecular formula is C50H91NO12S. The van der Waals surface area contributed by atoms with Crippen molar-refractivity contribution < 1.29 is 57.0 Å². The molecule has 7 N–H and O–H groups in total. The smallest absolute Gasteiger partial charge is 0.394 e. The van der Waals surface area contributed by atoms with Crippen molar-refractivity contribution >= 4 is 16.3 Å². The first kappa shape index (κ1) is 60.0. The van der Waals surface area contributed by atoms with Crippen LogP contribution in [0, 0.1) is 0 Å². The van der Waals surface area contributed by atoms with Gasteiger partial charge < -0.3 is 40.3 Å². The number of aliphatic hydroxyl groups is 5. The summed E-state index contributed by atoms with van der Waals surface area (Å²) in [6, 6.07) is -1.15. The molecule has 0 saturated carbocycles. The van der Waals surface area contributed by atoms with Crippen molar-refractivity contribution in [1.82, 2.24) is 5.32 Å². The highest BCUT2D eigenvalue weighted by Gasteiger charge is 2.48. The fraction of sp³-hybridized carbons (Fsp3) is 0.820. The molecule has 0 aliphatic carbocycles. The summed E-state index contributed by atoms with van der Waals surface area (Å²) in [5.41, 5.74) is 0. The zero-order valence-corrected chi connectivity index (χ0v) is 40.5. The molecule has 0 spiro atoms. The lowest BCUT2D eigenvalue weighted by atomic mass is 9.99. The minimum Gasteiger partial charge on any atom is -0.394 e. The Bertz CT molecular complexity index is 1340. The standard InChI is InChI=1S/C50H91NO12S/c1-3-5-7-9-11-13-15-17-19-20-21-22-23-24-25-27-29-31-33-35-37-39-44(54)49(57)51-42(41-61-50-47(56)48(63-64(58,59)60)46(55)45(40-52)62-50)43(53)38-36-34-32-30-28-26-18-16-14-12-10-8-6-4-2/h14,16,23-24,28,30,36,38,42-48,50,52-56H,3-13,15,17-22,25-27,29,31-35,37,39-41H2,1-2H3,(H,51,57)(H,58,59,60)/b16-14+,24-23-,30-28+,38-36+. The Morgan fingerprint density at radius 1 is 0.625 bits per heavy atom. The van der Waals surface area contributed by atoms with E-state index in [0.717, 1.165) is 70.6 Å². The summed E-state index contributed by atoms with van der Waals surface area (Å²) in [7, 11) is -5.13. The molecule has 14 heteroatoms. The van der Waals surface area contributed by atoms with Gasteiger partial charge in [-0.1, -0.05) is 178 Å². The maximum Gasteiger partial charge on any atom is 0.397 e. The number of rotatable bonds is 42. The number of amides is 1. The number of ether oxygens (including phenoxy) is 2. The summed E-state index contributed by atoms with van der Waals surface area (Å²) in [5, 5.41) is 55.2. The number of carbonyl (C=O) groups is 1. The van der Waals surface area contributed by atoms with Gasteiger partial charge in [0.05, 0.1) is 25.4 Å². The Morgan fingerprint density at radius 2 is 1.05 bits per heavy atom. The number of hydrogen-bond acceptors (Lipinski definition) is 11. The van der Waals surface area contributed by atoms with Crippen LogP contribution in [0.15, 0.2) is 48.6 Å². The van der Waals surface area contributed by atoms with E-state index in [1.54, 1.807) is 6.08 Å². The third-order valence-electron chi connectivity index (χ3n) is 11.7. The Hall–Kier alpha value is -1.98. The molecule has 1 aliphatic rings. The molecule has 1 fully saturated rings. The van der Waals surface area contributed by atoms with E-state index in [-0.39, 0.29) is 6.42 Å². The number of allylic oxidation sites excluding steroid dienone is 7. The maximum absolute atomic E-state index is 13.1. The number of nitrogens with one attached hydrogen (secondary N) is 1. The van der Waals surface area contributed by atoms with Gasteiger partial charge in [0.25, 0.3) is 0 Å². The molecule has 0 aromatic rings. The molecule has 0 bridgehead atoms. The second-order valence-electron chi connectivity index (χ2n) is 17.5. The van der Waals surface area contributed by atoms with Crippen molar-refractivity contribution in [3.63, 3.8) is 0 Å². The molecule has 0 aromatic carbocycles. The van der Waals surface area contributed by atoms with E-state index < -0.39 is 78.5 Å². The average molecular weight is 930 g/mol. The number of hydrogen-bond donors (Lipinski definition) is 7. The Kier molecular flexibility index (Phi) is 37.6. The molecule has 1 aliphatic heterocycles. The highest BCUT2D eigenvalue weighted by Crippen LogP contribution is 2.26. The predicted octanol–water partition coefficient (Wildman–Crippen LogP) is 9.41. The van der Waals surface area contributed by atoms with E-state index in [2.05, 4.69) is 59.8 Å². The highest BCUT2D eigenvalue weighted by molar-refractivity contribution is 7.80. The van der Waals surface area contributed by atoms with E-state index in [9.17, 15) is 43.3 Å². The summed E-state index contributed by atoms with van der Waals surface area (Å²) in [4.78, 5) is 13.1. The molecule has 1 heterocycles. The van der Waals surface area contributed by atoms with Crippen molar-refractivity contribution in [3.8, 4) is 0 Å². The zero-order chi connectivity index (χ0) is 47.1. The number of unbranched alkanes of at least 4 members (excludes halogenated alkanes) is 23. The second-order valence-corrected chi connectivity index (χ2v) is 18.6. The zero-order valence-electron chi connectivity index (χ0n) is 39.7. The molecule has 0 radical (unpaired) electrons. The Balaban J connectivity index is 2.53. The van der Waals surface area contributed by atoms with Crippen molar-refractivity contribution in [2.75, 3.05) is 13.2 Å². The monoisotopic (exact) mass is 930 g/mol. The van der Waals surface area contributed by atoms with E-state index in [1.807, 2.05) is 0 Å². The van der Waals surface area contributed by atoms with Crippen molar-refractivity contribution in [2.45, 2.75) is 249 Å².